The summed E-state index contributed by atoms with van der Waals surface area (Å²) >= 11 is 0.659. The van der Waals surface area contributed by atoms with Gasteiger partial charge >= 0.3 is 6.03 Å². The number of aliphatic hydroxyl groups is 1. The van der Waals surface area contributed by atoms with Crippen molar-refractivity contribution >= 4 is 43.8 Å². The molecular formula is C12H17N2O7PS2. The van der Waals surface area contributed by atoms with Crippen molar-refractivity contribution in [3.63, 3.8) is 0 Å². The average Bonchev–Trinajstić information content (AvgIpc) is 2.92. The number of urea groups is 1. The molecule has 5 unspecified atom stereocenters. The lowest BCUT2D eigenvalue weighted by Gasteiger charge is -2.38. The first-order valence-electron chi connectivity index (χ1n) is 7.17. The van der Waals surface area contributed by atoms with Crippen LogP contribution in [0.1, 0.15) is 6.42 Å². The van der Waals surface area contributed by atoms with E-state index in [9.17, 15) is 14.7 Å². The van der Waals surface area contributed by atoms with Gasteiger partial charge in [-0.25, -0.2) is 9.68 Å². The molecule has 0 aromatic heterocycles. The third-order valence-corrected chi connectivity index (χ3v) is 4.75. The highest BCUT2D eigenvalue weighted by Gasteiger charge is 2.46. The van der Waals surface area contributed by atoms with Crippen molar-refractivity contribution in [2.45, 2.75) is 30.2 Å². The molecule has 2 heterocycles. The van der Waals surface area contributed by atoms with Gasteiger partial charge in [-0.05, 0) is 0 Å². The number of amides is 3. The van der Waals surface area contributed by atoms with Gasteiger partial charge in [0, 0.05) is 15.9 Å². The number of hydrogen-bond acceptors (Lipinski definition) is 9. The van der Waals surface area contributed by atoms with Crippen molar-refractivity contribution in [1.82, 2.24) is 10.2 Å². The molecular weight excluding hydrogens is 379 g/mol. The highest BCUT2D eigenvalue weighted by molar-refractivity contribution is 8.68. The van der Waals surface area contributed by atoms with Gasteiger partial charge in [-0.3, -0.25) is 15.0 Å². The van der Waals surface area contributed by atoms with Gasteiger partial charge in [0.1, 0.15) is 25.4 Å². The van der Waals surface area contributed by atoms with E-state index in [2.05, 4.69) is 26.5 Å². The molecule has 0 aromatic rings. The van der Waals surface area contributed by atoms with Gasteiger partial charge in [0.25, 0.3) is 5.91 Å². The molecule has 0 aromatic carbocycles. The number of rotatable bonds is 8. The second kappa shape index (κ2) is 9.16. The number of imide groups is 1. The number of allylic oxidation sites excluding steroid dienone is 2. The summed E-state index contributed by atoms with van der Waals surface area (Å²) in [5, 5.41) is 15.8. The lowest BCUT2D eigenvalue weighted by molar-refractivity contribution is -0.466. The molecule has 0 saturated carbocycles. The fourth-order valence-electron chi connectivity index (χ4n) is 2.43. The maximum absolute atomic E-state index is 12.3. The maximum Gasteiger partial charge on any atom is 0.327 e. The Morgan fingerprint density at radius 3 is 3.12 bits per heavy atom. The van der Waals surface area contributed by atoms with Gasteiger partial charge < -0.3 is 9.84 Å². The van der Waals surface area contributed by atoms with E-state index in [1.165, 1.54) is 17.1 Å². The predicted molar refractivity (Wildman–Crippen MR) is 91.1 cm³/mol. The molecule has 24 heavy (non-hydrogen) atoms. The fourth-order valence-corrected chi connectivity index (χ4v) is 3.68. The number of carbonyl (C=O) groups excluding carboxylic acids is 2. The fraction of sp³-hybridized carbons (Fsp3) is 0.500. The molecule has 5 atom stereocenters. The van der Waals surface area contributed by atoms with Crippen LogP contribution >= 0.6 is 31.8 Å². The summed E-state index contributed by atoms with van der Waals surface area (Å²) in [6.07, 6.45) is 0.525. The van der Waals surface area contributed by atoms with Crippen LogP contribution in [0.25, 0.3) is 0 Å². The van der Waals surface area contributed by atoms with E-state index >= 15 is 0 Å². The monoisotopic (exact) mass is 398 g/mol. The quantitative estimate of drug-likeness (QED) is 0.104. The van der Waals surface area contributed by atoms with Gasteiger partial charge in [-0.2, -0.15) is 4.67 Å². The standard InChI is InChI=1S/C12H17N2O7PS2/c1-2-3-6-10(16)13-12(17)14(11(6)24-23)9-4-7(15)8(19-9)5-18-20-21-22/h2-3,7-9,11,15,23H,1,4-5,22H2,(H,13,16,17)/b6-3-/i/hT. The first-order valence-corrected chi connectivity index (χ1v) is 9.04. The van der Waals surface area contributed by atoms with Crippen LogP contribution in [0.3, 0.4) is 0 Å². The summed E-state index contributed by atoms with van der Waals surface area (Å²) in [6, 6.07) is -0.666. The van der Waals surface area contributed by atoms with E-state index in [-0.39, 0.29) is 18.6 Å². The minimum Gasteiger partial charge on any atom is -0.390 e. The van der Waals surface area contributed by atoms with Gasteiger partial charge in [-0.1, -0.05) is 34.6 Å². The summed E-state index contributed by atoms with van der Waals surface area (Å²) in [6.45, 7) is 3.43. The van der Waals surface area contributed by atoms with Crippen LogP contribution in [0.15, 0.2) is 24.3 Å². The van der Waals surface area contributed by atoms with Gasteiger partial charge in [0.15, 0.2) is 0 Å². The molecule has 134 valence electrons. The second-order valence-electron chi connectivity index (χ2n) is 4.85. The molecule has 3 amide bonds. The Hall–Kier alpha value is -0.650. The van der Waals surface area contributed by atoms with Crippen LogP contribution in [0.2, 0.25) is 0 Å². The summed E-state index contributed by atoms with van der Waals surface area (Å²) in [4.78, 5) is 30.3. The SMILES string of the molecule is [3H]SSC1/C(=C\C=C)C(=O)NC(=O)N1C1CC(O)C(COOOP)O1. The van der Waals surface area contributed by atoms with E-state index in [0.717, 1.165) is 10.8 Å². The Morgan fingerprint density at radius 2 is 2.46 bits per heavy atom. The van der Waals surface area contributed by atoms with Gasteiger partial charge in [-0.15, -0.1) is 11.6 Å². The highest BCUT2D eigenvalue weighted by atomic mass is 33.1. The zero-order valence-corrected chi connectivity index (χ0v) is 15.1. The summed E-state index contributed by atoms with van der Waals surface area (Å²) in [5.74, 6) is -0.558. The average molecular weight is 398 g/mol. The Balaban J connectivity index is 2.17. The smallest absolute Gasteiger partial charge is 0.327 e. The van der Waals surface area contributed by atoms with Crippen LogP contribution in [0.4, 0.5) is 4.79 Å². The number of thiol groups is 1. The third-order valence-electron chi connectivity index (χ3n) is 3.46. The van der Waals surface area contributed by atoms with Crippen molar-refractivity contribution in [2.24, 2.45) is 0 Å². The Morgan fingerprint density at radius 1 is 1.67 bits per heavy atom. The first-order chi connectivity index (χ1) is 12.0. The summed E-state index contributed by atoms with van der Waals surface area (Å²) in [7, 11) is 2.82. The molecule has 0 aliphatic carbocycles. The number of carbonyl (C=O) groups is 2. The van der Waals surface area contributed by atoms with Crippen molar-refractivity contribution in [3.8, 4) is 0 Å². The summed E-state index contributed by atoms with van der Waals surface area (Å²) < 4.78 is 17.2. The molecule has 2 N–H and O–H groups in total. The molecule has 9 nitrogen and oxygen atoms in total. The number of hydrogen-bond donors (Lipinski definition) is 3. The molecule has 0 spiro atoms. The predicted octanol–water partition coefficient (Wildman–Crippen LogP) is 0.700. The number of aliphatic hydroxyl groups excluding tert-OH is 1. The summed E-state index contributed by atoms with van der Waals surface area (Å²) in [5.41, 5.74) is 0.261. The Bertz CT molecular complexity index is 556. The normalized spacial score (nSPS) is 32.8. The molecule has 2 aliphatic heterocycles. The van der Waals surface area contributed by atoms with Crippen LogP contribution in [-0.4, -0.2) is 53.5 Å². The molecule has 2 fully saturated rings. The Kier molecular flexibility index (Phi) is 6.93. The zero-order chi connectivity index (χ0) is 18.4. The number of ether oxygens (including phenoxy) is 1. The number of nitrogens with one attached hydrogen (secondary N) is 1. The lowest BCUT2D eigenvalue weighted by atomic mass is 10.1. The van der Waals surface area contributed by atoms with Crippen LogP contribution in [0.5, 0.6) is 0 Å². The zero-order valence-electron chi connectivity index (χ0n) is 13.3. The van der Waals surface area contributed by atoms with E-state index in [1.54, 1.807) is 0 Å². The largest absolute Gasteiger partial charge is 0.390 e. The first kappa shape index (κ1) is 18.2. The molecule has 2 saturated heterocycles. The maximum atomic E-state index is 12.3. The van der Waals surface area contributed by atoms with Gasteiger partial charge in [0.2, 0.25) is 0 Å². The van der Waals surface area contributed by atoms with Crippen molar-refractivity contribution in [1.29, 1.82) is 1.12 Å². The van der Waals surface area contributed by atoms with E-state index in [4.69, 9.17) is 5.86 Å². The molecule has 12 heteroatoms. The van der Waals surface area contributed by atoms with E-state index < -0.39 is 35.7 Å². The lowest BCUT2D eigenvalue weighted by Crippen LogP contribution is -2.58. The molecule has 2 aliphatic rings. The minimum absolute atomic E-state index is 0.110. The second-order valence-corrected chi connectivity index (χ2v) is 6.26. The highest BCUT2D eigenvalue weighted by Crippen LogP contribution is 2.35. The Labute approximate surface area is 150 Å². The third kappa shape index (κ3) is 4.30. The van der Waals surface area contributed by atoms with Crippen LogP contribution in [-0.2, 0) is 24.1 Å². The van der Waals surface area contributed by atoms with Gasteiger partial charge in [0.05, 0.1) is 11.7 Å². The minimum atomic E-state index is -0.912. The van der Waals surface area contributed by atoms with Crippen molar-refractivity contribution in [3.05, 3.63) is 24.3 Å². The molecule has 0 radical (unpaired) electrons. The number of nitrogens with zero attached hydrogens (tertiary/aromatic N) is 1. The molecule has 0 bridgehead atoms. The topological polar surface area (TPSA) is 107 Å². The van der Waals surface area contributed by atoms with Crippen LogP contribution in [0, 0.1) is 0 Å². The van der Waals surface area contributed by atoms with E-state index in [0.29, 0.717) is 11.6 Å². The molecule has 2 rings (SSSR count). The van der Waals surface area contributed by atoms with Crippen molar-refractivity contribution < 1.29 is 34.0 Å². The van der Waals surface area contributed by atoms with Crippen LogP contribution < -0.4 is 5.32 Å². The van der Waals surface area contributed by atoms with E-state index in [1.807, 2.05) is 9.47 Å². The van der Waals surface area contributed by atoms with Crippen molar-refractivity contribution in [2.75, 3.05) is 6.61 Å².